The second-order valence-corrected chi connectivity index (χ2v) is 5.62. The van der Waals surface area contributed by atoms with Crippen molar-refractivity contribution in [2.45, 2.75) is 25.4 Å². The van der Waals surface area contributed by atoms with Crippen LogP contribution in [0.4, 0.5) is 0 Å². The molecule has 1 aliphatic carbocycles. The first-order chi connectivity index (χ1) is 10.2. The van der Waals surface area contributed by atoms with E-state index in [2.05, 4.69) is 10.4 Å². The molecule has 1 amide bonds. The van der Waals surface area contributed by atoms with Crippen molar-refractivity contribution in [3.8, 4) is 0 Å². The summed E-state index contributed by atoms with van der Waals surface area (Å²) in [5, 5.41) is 7.11. The number of hydrogen-bond acceptors (Lipinski definition) is 3. The Hall–Kier alpha value is -2.14. The molecule has 1 aromatic heterocycles. The van der Waals surface area contributed by atoms with Crippen molar-refractivity contribution >= 4 is 5.91 Å². The Morgan fingerprint density at radius 1 is 1.38 bits per heavy atom. The molecule has 0 radical (unpaired) electrons. The summed E-state index contributed by atoms with van der Waals surface area (Å²) in [6.45, 7) is 1.20. The summed E-state index contributed by atoms with van der Waals surface area (Å²) >= 11 is 0. The van der Waals surface area contributed by atoms with Crippen molar-refractivity contribution < 1.29 is 4.79 Å². The predicted octanol–water partition coefficient (Wildman–Crippen LogP) is 1.40. The lowest BCUT2D eigenvalue weighted by atomic mass is 10.2. The molecular formula is C16H20N4O. The Kier molecular flexibility index (Phi) is 4.01. The van der Waals surface area contributed by atoms with Gasteiger partial charge in [0.25, 0.3) is 5.91 Å². The van der Waals surface area contributed by atoms with Crippen molar-refractivity contribution in [3.05, 3.63) is 53.9 Å². The van der Waals surface area contributed by atoms with E-state index < -0.39 is 0 Å². The summed E-state index contributed by atoms with van der Waals surface area (Å²) in [5.74, 6) is 0.483. The van der Waals surface area contributed by atoms with Gasteiger partial charge in [-0.25, -0.2) is 0 Å². The SMILES string of the molecule is NC(CNC(=O)c1cnn(Cc2ccccc2)c1)C1CC1. The lowest BCUT2D eigenvalue weighted by Crippen LogP contribution is -2.38. The summed E-state index contributed by atoms with van der Waals surface area (Å²) in [5.41, 5.74) is 7.71. The molecule has 3 N–H and O–H groups in total. The highest BCUT2D eigenvalue weighted by Gasteiger charge is 2.28. The molecule has 1 atom stereocenters. The van der Waals surface area contributed by atoms with Gasteiger partial charge in [0.2, 0.25) is 0 Å². The molecule has 110 valence electrons. The maximum atomic E-state index is 12.0. The molecule has 1 unspecified atom stereocenters. The lowest BCUT2D eigenvalue weighted by Gasteiger charge is -2.10. The first-order valence-electron chi connectivity index (χ1n) is 7.32. The van der Waals surface area contributed by atoms with Crippen molar-refractivity contribution in [1.82, 2.24) is 15.1 Å². The molecule has 0 bridgehead atoms. The molecule has 21 heavy (non-hydrogen) atoms. The Balaban J connectivity index is 1.55. The normalized spacial score (nSPS) is 15.7. The van der Waals surface area contributed by atoms with E-state index in [4.69, 9.17) is 5.73 Å². The molecule has 3 rings (SSSR count). The van der Waals surface area contributed by atoms with Gasteiger partial charge >= 0.3 is 0 Å². The second kappa shape index (κ2) is 6.10. The van der Waals surface area contributed by atoms with Crippen LogP contribution in [0.5, 0.6) is 0 Å². The average molecular weight is 284 g/mol. The third kappa shape index (κ3) is 3.70. The van der Waals surface area contributed by atoms with Gasteiger partial charge in [-0.3, -0.25) is 9.48 Å². The van der Waals surface area contributed by atoms with Gasteiger partial charge in [-0.15, -0.1) is 0 Å². The zero-order valence-corrected chi connectivity index (χ0v) is 11.9. The van der Waals surface area contributed by atoms with Gasteiger partial charge in [0.15, 0.2) is 0 Å². The topological polar surface area (TPSA) is 72.9 Å². The third-order valence-corrected chi connectivity index (χ3v) is 3.81. The van der Waals surface area contributed by atoms with Crippen molar-refractivity contribution in [3.63, 3.8) is 0 Å². The Bertz CT molecular complexity index is 604. The summed E-state index contributed by atoms with van der Waals surface area (Å²) in [7, 11) is 0. The fraction of sp³-hybridized carbons (Fsp3) is 0.375. The molecule has 5 heteroatoms. The zero-order chi connectivity index (χ0) is 14.7. The summed E-state index contributed by atoms with van der Waals surface area (Å²) in [4.78, 5) is 12.0. The number of benzene rings is 1. The number of carbonyl (C=O) groups excluding carboxylic acids is 1. The second-order valence-electron chi connectivity index (χ2n) is 5.62. The standard InChI is InChI=1S/C16H20N4O/c17-15(13-6-7-13)9-18-16(21)14-8-19-20(11-14)10-12-4-2-1-3-5-12/h1-5,8,11,13,15H,6-7,9-10,17H2,(H,18,21). The number of amides is 1. The number of nitrogens with zero attached hydrogens (tertiary/aromatic N) is 2. The molecule has 1 aliphatic rings. The van der Waals surface area contributed by atoms with Crippen molar-refractivity contribution in [2.24, 2.45) is 11.7 Å². The van der Waals surface area contributed by atoms with Crippen LogP contribution in [0.3, 0.4) is 0 Å². The number of hydrogen-bond donors (Lipinski definition) is 2. The molecule has 1 heterocycles. The van der Waals surface area contributed by atoms with Crippen LogP contribution in [-0.4, -0.2) is 28.3 Å². The minimum Gasteiger partial charge on any atom is -0.350 e. The van der Waals surface area contributed by atoms with Gasteiger partial charge in [-0.05, 0) is 24.3 Å². The highest BCUT2D eigenvalue weighted by molar-refractivity contribution is 5.93. The first-order valence-corrected chi connectivity index (χ1v) is 7.32. The number of carbonyl (C=O) groups is 1. The van der Waals surface area contributed by atoms with Gasteiger partial charge in [0.1, 0.15) is 0 Å². The molecule has 0 spiro atoms. The minimum absolute atomic E-state index is 0.0771. The van der Waals surface area contributed by atoms with E-state index >= 15 is 0 Å². The van der Waals surface area contributed by atoms with Gasteiger partial charge in [-0.1, -0.05) is 30.3 Å². The maximum absolute atomic E-state index is 12.0. The predicted molar refractivity (Wildman–Crippen MR) is 80.8 cm³/mol. The zero-order valence-electron chi connectivity index (χ0n) is 11.9. The molecule has 0 saturated heterocycles. The maximum Gasteiger partial charge on any atom is 0.254 e. The Labute approximate surface area is 124 Å². The van der Waals surface area contributed by atoms with Crippen LogP contribution in [0, 0.1) is 5.92 Å². The monoisotopic (exact) mass is 284 g/mol. The summed E-state index contributed by atoms with van der Waals surface area (Å²) in [6, 6.07) is 10.1. The number of nitrogens with one attached hydrogen (secondary N) is 1. The van der Waals surface area contributed by atoms with Crippen LogP contribution < -0.4 is 11.1 Å². The van der Waals surface area contributed by atoms with E-state index in [-0.39, 0.29) is 11.9 Å². The Morgan fingerprint density at radius 3 is 2.86 bits per heavy atom. The van der Waals surface area contributed by atoms with Gasteiger partial charge in [0, 0.05) is 18.8 Å². The van der Waals surface area contributed by atoms with Gasteiger partial charge in [0.05, 0.1) is 18.3 Å². The molecule has 5 nitrogen and oxygen atoms in total. The van der Waals surface area contributed by atoms with E-state index in [1.807, 2.05) is 30.3 Å². The smallest absolute Gasteiger partial charge is 0.254 e. The highest BCUT2D eigenvalue weighted by atomic mass is 16.1. The van der Waals surface area contributed by atoms with E-state index in [0.29, 0.717) is 24.6 Å². The van der Waals surface area contributed by atoms with E-state index in [9.17, 15) is 4.79 Å². The van der Waals surface area contributed by atoms with Crippen molar-refractivity contribution in [2.75, 3.05) is 6.54 Å². The quantitative estimate of drug-likeness (QED) is 0.842. The molecule has 1 fully saturated rings. The number of rotatable bonds is 6. The van der Waals surface area contributed by atoms with Gasteiger partial charge < -0.3 is 11.1 Å². The number of nitrogens with two attached hydrogens (primary N) is 1. The van der Waals surface area contributed by atoms with Crippen molar-refractivity contribution in [1.29, 1.82) is 0 Å². The molecule has 2 aromatic rings. The van der Waals surface area contributed by atoms with Crippen LogP contribution in [0.1, 0.15) is 28.8 Å². The third-order valence-electron chi connectivity index (χ3n) is 3.81. The van der Waals surface area contributed by atoms with Gasteiger partial charge in [-0.2, -0.15) is 5.10 Å². The minimum atomic E-state index is -0.106. The molecule has 1 saturated carbocycles. The van der Waals surface area contributed by atoms with Crippen LogP contribution in [0.2, 0.25) is 0 Å². The highest BCUT2D eigenvalue weighted by Crippen LogP contribution is 2.31. The van der Waals surface area contributed by atoms with Crippen LogP contribution >= 0.6 is 0 Å². The average Bonchev–Trinajstić information content (AvgIpc) is 3.26. The lowest BCUT2D eigenvalue weighted by molar-refractivity contribution is 0.0950. The van der Waals surface area contributed by atoms with E-state index in [1.165, 1.54) is 12.8 Å². The largest absolute Gasteiger partial charge is 0.350 e. The fourth-order valence-corrected chi connectivity index (χ4v) is 2.34. The summed E-state index contributed by atoms with van der Waals surface area (Å²) < 4.78 is 1.77. The summed E-state index contributed by atoms with van der Waals surface area (Å²) in [6.07, 6.45) is 5.74. The van der Waals surface area contributed by atoms with Crippen LogP contribution in [0.25, 0.3) is 0 Å². The first kappa shape index (κ1) is 13.8. The Morgan fingerprint density at radius 2 is 2.14 bits per heavy atom. The number of aromatic nitrogens is 2. The van der Waals surface area contributed by atoms with Crippen LogP contribution in [0.15, 0.2) is 42.7 Å². The van der Waals surface area contributed by atoms with E-state index in [0.717, 1.165) is 5.56 Å². The molecule has 0 aliphatic heterocycles. The molecule has 1 aromatic carbocycles. The molecular weight excluding hydrogens is 264 g/mol. The fourth-order valence-electron chi connectivity index (χ4n) is 2.34. The van der Waals surface area contributed by atoms with Crippen LogP contribution in [-0.2, 0) is 6.54 Å². The van der Waals surface area contributed by atoms with E-state index in [1.54, 1.807) is 17.1 Å².